The molecule has 0 bridgehead atoms. The van der Waals surface area contributed by atoms with Gasteiger partial charge in [0.15, 0.2) is 0 Å². The Hall–Kier alpha value is -0.560. The molecular weight excluding hydrogens is 304 g/mol. The summed E-state index contributed by atoms with van der Waals surface area (Å²) in [7, 11) is -3.39. The van der Waals surface area contributed by atoms with Crippen LogP contribution in [0.15, 0.2) is 29.2 Å². The van der Waals surface area contributed by atoms with E-state index in [1.54, 1.807) is 12.1 Å². The second kappa shape index (κ2) is 7.63. The Morgan fingerprint density at radius 3 is 2.62 bits per heavy atom. The lowest BCUT2D eigenvalue weighted by Crippen LogP contribution is -2.29. The van der Waals surface area contributed by atoms with Gasteiger partial charge in [-0.1, -0.05) is 19.1 Å². The molecule has 1 saturated heterocycles. The highest BCUT2D eigenvalue weighted by molar-refractivity contribution is 8.00. The van der Waals surface area contributed by atoms with E-state index in [1.807, 2.05) is 23.9 Å². The molecular formula is C15H24N2O2S2. The molecule has 21 heavy (non-hydrogen) atoms. The fraction of sp³-hybridized carbons (Fsp3) is 0.600. The van der Waals surface area contributed by atoms with E-state index in [0.29, 0.717) is 16.7 Å². The van der Waals surface area contributed by atoms with Gasteiger partial charge in [0.1, 0.15) is 0 Å². The lowest BCUT2D eigenvalue weighted by atomic mass is 10.1. The van der Waals surface area contributed by atoms with Crippen LogP contribution in [0.1, 0.15) is 38.3 Å². The minimum Gasteiger partial charge on any atom is -0.310 e. The van der Waals surface area contributed by atoms with E-state index >= 15 is 0 Å². The van der Waals surface area contributed by atoms with Gasteiger partial charge in [-0.3, -0.25) is 0 Å². The van der Waals surface area contributed by atoms with Crippen molar-refractivity contribution in [3.8, 4) is 0 Å². The summed E-state index contributed by atoms with van der Waals surface area (Å²) >= 11 is 1.85. The SMILES string of the molecule is CCNC(C)c1ccc(S(=O)(=O)NCC2CCCS2)cc1. The van der Waals surface area contributed by atoms with Gasteiger partial charge in [-0.2, -0.15) is 11.8 Å². The third-order valence-corrected chi connectivity index (χ3v) is 6.56. The quantitative estimate of drug-likeness (QED) is 0.807. The highest BCUT2D eigenvalue weighted by atomic mass is 32.2. The van der Waals surface area contributed by atoms with Crippen molar-refractivity contribution in [3.05, 3.63) is 29.8 Å². The van der Waals surface area contributed by atoms with Gasteiger partial charge in [0.25, 0.3) is 0 Å². The number of benzene rings is 1. The summed E-state index contributed by atoms with van der Waals surface area (Å²) in [5.74, 6) is 1.14. The molecule has 0 aromatic heterocycles. The van der Waals surface area contributed by atoms with Crippen LogP contribution in [-0.4, -0.2) is 32.5 Å². The van der Waals surface area contributed by atoms with Crippen LogP contribution < -0.4 is 10.0 Å². The predicted octanol–water partition coefficient (Wildman–Crippen LogP) is 2.53. The standard InChI is InChI=1S/C15H24N2O2S2/c1-3-16-12(2)13-6-8-15(9-7-13)21(18,19)17-11-14-5-4-10-20-14/h6-9,12,14,16-17H,3-5,10-11H2,1-2H3. The van der Waals surface area contributed by atoms with Crippen molar-refractivity contribution >= 4 is 21.8 Å². The first-order valence-electron chi connectivity index (χ1n) is 7.47. The fourth-order valence-electron chi connectivity index (χ4n) is 2.45. The molecule has 2 N–H and O–H groups in total. The van der Waals surface area contributed by atoms with Crippen molar-refractivity contribution in [2.45, 2.75) is 42.9 Å². The molecule has 1 aromatic carbocycles. The molecule has 118 valence electrons. The molecule has 2 rings (SSSR count). The first-order chi connectivity index (χ1) is 10.0. The van der Waals surface area contributed by atoms with Crippen molar-refractivity contribution in [3.63, 3.8) is 0 Å². The van der Waals surface area contributed by atoms with Crippen molar-refractivity contribution < 1.29 is 8.42 Å². The maximum absolute atomic E-state index is 12.3. The van der Waals surface area contributed by atoms with Crippen LogP contribution >= 0.6 is 11.8 Å². The summed E-state index contributed by atoms with van der Waals surface area (Å²) < 4.78 is 27.2. The Morgan fingerprint density at radius 1 is 1.33 bits per heavy atom. The normalized spacial score (nSPS) is 20.6. The van der Waals surface area contributed by atoms with Crippen LogP contribution in [0.4, 0.5) is 0 Å². The summed E-state index contributed by atoms with van der Waals surface area (Å²) in [5.41, 5.74) is 1.10. The molecule has 6 heteroatoms. The van der Waals surface area contributed by atoms with Gasteiger partial charge in [-0.05, 0) is 49.8 Å². The minimum atomic E-state index is -3.39. The highest BCUT2D eigenvalue weighted by Crippen LogP contribution is 2.25. The number of hydrogen-bond acceptors (Lipinski definition) is 4. The van der Waals surface area contributed by atoms with Crippen LogP contribution in [-0.2, 0) is 10.0 Å². The van der Waals surface area contributed by atoms with Crippen LogP contribution in [0.25, 0.3) is 0 Å². The fourth-order valence-corrected chi connectivity index (χ4v) is 4.84. The number of hydrogen-bond donors (Lipinski definition) is 2. The Labute approximate surface area is 132 Å². The lowest BCUT2D eigenvalue weighted by Gasteiger charge is -2.14. The Bertz CT molecular complexity index is 537. The minimum absolute atomic E-state index is 0.231. The summed E-state index contributed by atoms with van der Waals surface area (Å²) in [6, 6.07) is 7.37. The van der Waals surface area contributed by atoms with E-state index in [0.717, 1.165) is 24.3 Å². The van der Waals surface area contributed by atoms with E-state index in [2.05, 4.69) is 23.9 Å². The first-order valence-corrected chi connectivity index (χ1v) is 10.0. The monoisotopic (exact) mass is 328 g/mol. The molecule has 1 aliphatic rings. The molecule has 2 unspecified atom stereocenters. The smallest absolute Gasteiger partial charge is 0.240 e. The van der Waals surface area contributed by atoms with E-state index in [4.69, 9.17) is 0 Å². The largest absolute Gasteiger partial charge is 0.310 e. The molecule has 0 radical (unpaired) electrons. The van der Waals surface area contributed by atoms with Crippen LogP contribution in [0, 0.1) is 0 Å². The average molecular weight is 329 g/mol. The van der Waals surface area contributed by atoms with Gasteiger partial charge in [-0.25, -0.2) is 13.1 Å². The van der Waals surface area contributed by atoms with Crippen molar-refractivity contribution in [2.75, 3.05) is 18.8 Å². The van der Waals surface area contributed by atoms with Gasteiger partial charge < -0.3 is 5.32 Å². The zero-order valence-electron chi connectivity index (χ0n) is 12.6. The maximum atomic E-state index is 12.3. The summed E-state index contributed by atoms with van der Waals surface area (Å²) in [6.45, 7) is 5.55. The second-order valence-electron chi connectivity index (χ2n) is 5.34. The maximum Gasteiger partial charge on any atom is 0.240 e. The van der Waals surface area contributed by atoms with E-state index in [9.17, 15) is 8.42 Å². The van der Waals surface area contributed by atoms with Crippen LogP contribution in [0.3, 0.4) is 0 Å². The lowest BCUT2D eigenvalue weighted by molar-refractivity contribution is 0.578. The number of rotatable bonds is 7. The average Bonchev–Trinajstić information content (AvgIpc) is 2.99. The Kier molecular flexibility index (Phi) is 6.10. The van der Waals surface area contributed by atoms with Gasteiger partial charge in [-0.15, -0.1) is 0 Å². The molecule has 0 spiro atoms. The zero-order valence-corrected chi connectivity index (χ0v) is 14.3. The first kappa shape index (κ1) is 16.8. The third kappa shape index (κ3) is 4.71. The van der Waals surface area contributed by atoms with E-state index in [1.165, 1.54) is 6.42 Å². The van der Waals surface area contributed by atoms with Gasteiger partial charge >= 0.3 is 0 Å². The molecule has 4 nitrogen and oxygen atoms in total. The number of sulfonamides is 1. The van der Waals surface area contributed by atoms with Crippen molar-refractivity contribution in [1.82, 2.24) is 10.0 Å². The molecule has 2 atom stereocenters. The summed E-state index contributed by atoms with van der Waals surface area (Å²) in [5, 5.41) is 3.74. The van der Waals surface area contributed by atoms with Crippen molar-refractivity contribution in [1.29, 1.82) is 0 Å². The molecule has 0 amide bonds. The number of nitrogens with one attached hydrogen (secondary N) is 2. The second-order valence-corrected chi connectivity index (χ2v) is 8.51. The topological polar surface area (TPSA) is 58.2 Å². The van der Waals surface area contributed by atoms with Crippen LogP contribution in [0.5, 0.6) is 0 Å². The summed E-state index contributed by atoms with van der Waals surface area (Å²) in [4.78, 5) is 0.345. The summed E-state index contributed by atoms with van der Waals surface area (Å²) in [6.07, 6.45) is 2.29. The molecule has 0 aliphatic carbocycles. The Morgan fingerprint density at radius 2 is 2.05 bits per heavy atom. The van der Waals surface area contributed by atoms with Gasteiger partial charge in [0.05, 0.1) is 4.90 Å². The highest BCUT2D eigenvalue weighted by Gasteiger charge is 2.20. The molecule has 1 aliphatic heterocycles. The van der Waals surface area contributed by atoms with Crippen molar-refractivity contribution in [2.24, 2.45) is 0 Å². The van der Waals surface area contributed by atoms with Gasteiger partial charge in [0.2, 0.25) is 10.0 Å². The molecule has 1 heterocycles. The predicted molar refractivity (Wildman–Crippen MR) is 89.2 cm³/mol. The van der Waals surface area contributed by atoms with Crippen LogP contribution in [0.2, 0.25) is 0 Å². The Balaban J connectivity index is 1.99. The van der Waals surface area contributed by atoms with Gasteiger partial charge in [0, 0.05) is 17.8 Å². The third-order valence-electron chi connectivity index (χ3n) is 3.73. The molecule has 1 fully saturated rings. The van der Waals surface area contributed by atoms with E-state index < -0.39 is 10.0 Å². The molecule has 1 aromatic rings. The zero-order chi connectivity index (χ0) is 15.3. The number of thioether (sulfide) groups is 1. The molecule has 0 saturated carbocycles. The van der Waals surface area contributed by atoms with E-state index in [-0.39, 0.29) is 6.04 Å².